The second-order valence-electron chi connectivity index (χ2n) is 4.87. The van der Waals surface area contributed by atoms with Crippen molar-refractivity contribution in [3.63, 3.8) is 0 Å². The molecular formula is C13H16ClN5O. The third-order valence-corrected chi connectivity index (χ3v) is 3.90. The highest BCUT2D eigenvalue weighted by Gasteiger charge is 2.28. The third kappa shape index (κ3) is 2.76. The molecule has 3 heterocycles. The predicted molar refractivity (Wildman–Crippen MR) is 75.7 cm³/mol. The minimum Gasteiger partial charge on any atom is -0.366 e. The van der Waals surface area contributed by atoms with E-state index in [1.807, 2.05) is 13.0 Å². The normalized spacial score (nSPS) is 22.1. The number of nitrogens with one attached hydrogen (secondary N) is 2. The van der Waals surface area contributed by atoms with Gasteiger partial charge < -0.3 is 10.1 Å². The molecule has 106 valence electrons. The maximum atomic E-state index is 6.20. The standard InChI is InChI=1S/C13H16ClN5O/c1-8-4-5-15-13(11(8)14)16-6-9-2-3-10(20-9)12-17-7-18-19-12/h4-5,7,9-10H,2-3,6H2,1H3,(H,15,16)(H,17,18,19)/t9-,10+/m1/s1. The lowest BCUT2D eigenvalue weighted by Gasteiger charge is -2.14. The van der Waals surface area contributed by atoms with Crippen molar-refractivity contribution in [2.24, 2.45) is 0 Å². The first-order valence-corrected chi connectivity index (χ1v) is 6.97. The van der Waals surface area contributed by atoms with Crippen molar-refractivity contribution in [3.8, 4) is 0 Å². The SMILES string of the molecule is Cc1ccnc(NC[C@H]2CC[C@@H](c3ncn[nH]3)O2)c1Cl. The molecule has 0 aromatic carbocycles. The van der Waals surface area contributed by atoms with Gasteiger partial charge in [0.05, 0.1) is 11.1 Å². The molecule has 0 spiro atoms. The second kappa shape index (κ2) is 5.76. The molecule has 2 N–H and O–H groups in total. The van der Waals surface area contributed by atoms with Gasteiger partial charge in [0.15, 0.2) is 5.82 Å². The molecule has 2 aromatic heterocycles. The summed E-state index contributed by atoms with van der Waals surface area (Å²) in [5, 5.41) is 10.6. The first-order valence-electron chi connectivity index (χ1n) is 6.59. The van der Waals surface area contributed by atoms with Crippen molar-refractivity contribution in [2.45, 2.75) is 32.0 Å². The fraction of sp³-hybridized carbons (Fsp3) is 0.462. The Balaban J connectivity index is 1.56. The molecule has 0 unspecified atom stereocenters. The minimum atomic E-state index is 0.00485. The van der Waals surface area contributed by atoms with Crippen molar-refractivity contribution in [1.82, 2.24) is 20.2 Å². The van der Waals surface area contributed by atoms with E-state index in [9.17, 15) is 0 Å². The van der Waals surface area contributed by atoms with E-state index in [2.05, 4.69) is 25.5 Å². The van der Waals surface area contributed by atoms with E-state index in [-0.39, 0.29) is 12.2 Å². The summed E-state index contributed by atoms with van der Waals surface area (Å²) >= 11 is 6.20. The molecule has 3 rings (SSSR count). The molecule has 0 saturated carbocycles. The minimum absolute atomic E-state index is 0.00485. The van der Waals surface area contributed by atoms with Gasteiger partial charge in [-0.25, -0.2) is 9.97 Å². The lowest BCUT2D eigenvalue weighted by molar-refractivity contribution is 0.0472. The topological polar surface area (TPSA) is 75.7 Å². The number of halogens is 1. The number of aromatic amines is 1. The quantitative estimate of drug-likeness (QED) is 0.906. The van der Waals surface area contributed by atoms with Crippen molar-refractivity contribution in [2.75, 3.05) is 11.9 Å². The third-order valence-electron chi connectivity index (χ3n) is 3.43. The molecule has 7 heteroatoms. The molecule has 0 aliphatic carbocycles. The van der Waals surface area contributed by atoms with Crippen LogP contribution in [0.25, 0.3) is 0 Å². The average Bonchev–Trinajstić information content (AvgIpc) is 3.10. The van der Waals surface area contributed by atoms with Gasteiger partial charge in [0.2, 0.25) is 0 Å². The van der Waals surface area contributed by atoms with Crippen LogP contribution in [0.15, 0.2) is 18.6 Å². The van der Waals surface area contributed by atoms with E-state index >= 15 is 0 Å². The highest BCUT2D eigenvalue weighted by Crippen LogP contribution is 2.31. The monoisotopic (exact) mass is 293 g/mol. The van der Waals surface area contributed by atoms with Crippen molar-refractivity contribution in [1.29, 1.82) is 0 Å². The Labute approximate surface area is 121 Å². The van der Waals surface area contributed by atoms with Crippen LogP contribution in [0.4, 0.5) is 5.82 Å². The molecule has 2 aromatic rings. The fourth-order valence-corrected chi connectivity index (χ4v) is 2.48. The van der Waals surface area contributed by atoms with Crippen LogP contribution in [0.1, 0.15) is 30.3 Å². The highest BCUT2D eigenvalue weighted by atomic mass is 35.5. The Kier molecular flexibility index (Phi) is 3.84. The molecule has 0 radical (unpaired) electrons. The Bertz CT molecular complexity index is 574. The van der Waals surface area contributed by atoms with Gasteiger partial charge in [0, 0.05) is 12.7 Å². The zero-order valence-electron chi connectivity index (χ0n) is 11.1. The number of hydrogen-bond donors (Lipinski definition) is 2. The first kappa shape index (κ1) is 13.3. The number of aromatic nitrogens is 4. The van der Waals surface area contributed by atoms with E-state index in [0.29, 0.717) is 17.4 Å². The molecule has 1 fully saturated rings. The van der Waals surface area contributed by atoms with Gasteiger partial charge in [-0.1, -0.05) is 11.6 Å². The molecule has 0 amide bonds. The first-order chi connectivity index (χ1) is 9.74. The summed E-state index contributed by atoms with van der Waals surface area (Å²) in [4.78, 5) is 8.37. The van der Waals surface area contributed by atoms with Crippen LogP contribution in [-0.4, -0.2) is 32.8 Å². The number of nitrogens with zero attached hydrogens (tertiary/aromatic N) is 3. The molecule has 20 heavy (non-hydrogen) atoms. The summed E-state index contributed by atoms with van der Waals surface area (Å²) in [6, 6.07) is 1.89. The molecule has 1 aliphatic rings. The molecule has 6 nitrogen and oxygen atoms in total. The lowest BCUT2D eigenvalue weighted by Crippen LogP contribution is -2.20. The van der Waals surface area contributed by atoms with E-state index in [4.69, 9.17) is 16.3 Å². The van der Waals surface area contributed by atoms with Crippen LogP contribution in [0, 0.1) is 6.92 Å². The molecule has 0 bridgehead atoms. The van der Waals surface area contributed by atoms with Crippen molar-refractivity contribution in [3.05, 3.63) is 35.0 Å². The summed E-state index contributed by atoms with van der Waals surface area (Å²) < 4.78 is 5.93. The summed E-state index contributed by atoms with van der Waals surface area (Å²) in [7, 11) is 0. The van der Waals surface area contributed by atoms with Gasteiger partial charge in [-0.3, -0.25) is 5.10 Å². The average molecular weight is 294 g/mol. The fourth-order valence-electron chi connectivity index (χ4n) is 2.30. The van der Waals surface area contributed by atoms with Gasteiger partial charge in [-0.05, 0) is 31.4 Å². The van der Waals surface area contributed by atoms with Crippen LogP contribution in [-0.2, 0) is 4.74 Å². The number of pyridine rings is 1. The van der Waals surface area contributed by atoms with Crippen LogP contribution in [0.3, 0.4) is 0 Å². The number of aryl methyl sites for hydroxylation is 1. The number of anilines is 1. The number of rotatable bonds is 4. The van der Waals surface area contributed by atoms with Gasteiger partial charge in [-0.2, -0.15) is 5.10 Å². The van der Waals surface area contributed by atoms with Gasteiger partial charge in [-0.15, -0.1) is 0 Å². The number of hydrogen-bond acceptors (Lipinski definition) is 5. The lowest BCUT2D eigenvalue weighted by atomic mass is 10.2. The summed E-state index contributed by atoms with van der Waals surface area (Å²) in [6.07, 6.45) is 5.30. The number of ether oxygens (including phenoxy) is 1. The summed E-state index contributed by atoms with van der Waals surface area (Å²) in [5.74, 6) is 1.50. The van der Waals surface area contributed by atoms with E-state index in [0.717, 1.165) is 24.2 Å². The van der Waals surface area contributed by atoms with E-state index in [1.54, 1.807) is 6.20 Å². The van der Waals surface area contributed by atoms with Crippen molar-refractivity contribution < 1.29 is 4.74 Å². The van der Waals surface area contributed by atoms with Gasteiger partial charge >= 0.3 is 0 Å². The molecule has 1 aliphatic heterocycles. The van der Waals surface area contributed by atoms with Gasteiger partial charge in [0.1, 0.15) is 18.2 Å². The Hall–Kier alpha value is -1.66. The summed E-state index contributed by atoms with van der Waals surface area (Å²) in [5.41, 5.74) is 1.01. The van der Waals surface area contributed by atoms with Crippen LogP contribution in [0.2, 0.25) is 5.02 Å². The molecule has 1 saturated heterocycles. The molecule has 2 atom stereocenters. The van der Waals surface area contributed by atoms with Crippen LogP contribution >= 0.6 is 11.6 Å². The predicted octanol–water partition coefficient (Wildman–Crippen LogP) is 2.49. The van der Waals surface area contributed by atoms with E-state index < -0.39 is 0 Å². The smallest absolute Gasteiger partial charge is 0.153 e. The van der Waals surface area contributed by atoms with Gasteiger partial charge in [0.25, 0.3) is 0 Å². The van der Waals surface area contributed by atoms with E-state index in [1.165, 1.54) is 6.33 Å². The Morgan fingerprint density at radius 2 is 2.35 bits per heavy atom. The Morgan fingerprint density at radius 3 is 3.15 bits per heavy atom. The largest absolute Gasteiger partial charge is 0.366 e. The van der Waals surface area contributed by atoms with Crippen LogP contribution in [0.5, 0.6) is 0 Å². The summed E-state index contributed by atoms with van der Waals surface area (Å²) in [6.45, 7) is 2.64. The van der Waals surface area contributed by atoms with Crippen molar-refractivity contribution >= 4 is 17.4 Å². The maximum Gasteiger partial charge on any atom is 0.153 e. The second-order valence-corrected chi connectivity index (χ2v) is 5.24. The molecular weight excluding hydrogens is 278 g/mol. The number of H-pyrrole nitrogens is 1. The van der Waals surface area contributed by atoms with Crippen LogP contribution < -0.4 is 5.32 Å². The Morgan fingerprint density at radius 1 is 1.45 bits per heavy atom. The maximum absolute atomic E-state index is 6.20. The zero-order valence-corrected chi connectivity index (χ0v) is 11.9. The highest BCUT2D eigenvalue weighted by molar-refractivity contribution is 6.33. The zero-order chi connectivity index (χ0) is 13.9.